The maximum absolute atomic E-state index is 12.1. The SMILES string of the molecule is CCN(c1ccc(C(=O)NC(C)(C)CO)cc1)C(C)C. The molecular weight excluding hydrogens is 252 g/mol. The number of aliphatic hydroxyl groups excluding tert-OH is 1. The highest BCUT2D eigenvalue weighted by Gasteiger charge is 2.20. The average molecular weight is 278 g/mol. The van der Waals surface area contributed by atoms with Crippen molar-refractivity contribution in [2.24, 2.45) is 0 Å². The molecule has 0 aliphatic carbocycles. The van der Waals surface area contributed by atoms with E-state index in [4.69, 9.17) is 0 Å². The first-order chi connectivity index (χ1) is 9.30. The Bertz CT molecular complexity index is 438. The summed E-state index contributed by atoms with van der Waals surface area (Å²) in [6.45, 7) is 10.8. The Hall–Kier alpha value is -1.55. The van der Waals surface area contributed by atoms with Gasteiger partial charge in [-0.05, 0) is 58.9 Å². The maximum atomic E-state index is 12.1. The van der Waals surface area contributed by atoms with Crippen LogP contribution in [0.1, 0.15) is 45.0 Å². The van der Waals surface area contributed by atoms with Crippen molar-refractivity contribution in [1.29, 1.82) is 0 Å². The first kappa shape index (κ1) is 16.5. The number of rotatable bonds is 6. The first-order valence-electron chi connectivity index (χ1n) is 7.11. The third-order valence-corrected chi connectivity index (χ3v) is 3.27. The molecule has 1 rings (SSSR count). The topological polar surface area (TPSA) is 52.6 Å². The van der Waals surface area contributed by atoms with Crippen LogP contribution >= 0.6 is 0 Å². The first-order valence-corrected chi connectivity index (χ1v) is 7.11. The maximum Gasteiger partial charge on any atom is 0.251 e. The number of nitrogens with one attached hydrogen (secondary N) is 1. The van der Waals surface area contributed by atoms with E-state index in [1.165, 1.54) is 0 Å². The second kappa shape index (κ2) is 6.75. The van der Waals surface area contributed by atoms with E-state index in [1.807, 2.05) is 24.3 Å². The average Bonchev–Trinajstić information content (AvgIpc) is 2.39. The summed E-state index contributed by atoms with van der Waals surface area (Å²) in [6.07, 6.45) is 0. The Morgan fingerprint density at radius 3 is 2.25 bits per heavy atom. The number of carbonyl (C=O) groups excluding carboxylic acids is 1. The Morgan fingerprint density at radius 2 is 1.85 bits per heavy atom. The highest BCUT2D eigenvalue weighted by Crippen LogP contribution is 2.18. The van der Waals surface area contributed by atoms with Crippen LogP contribution in [0.4, 0.5) is 5.69 Å². The fourth-order valence-corrected chi connectivity index (χ4v) is 2.07. The van der Waals surface area contributed by atoms with Crippen LogP contribution in [0.2, 0.25) is 0 Å². The van der Waals surface area contributed by atoms with Gasteiger partial charge in [0.2, 0.25) is 0 Å². The second-order valence-corrected chi connectivity index (χ2v) is 5.92. The van der Waals surface area contributed by atoms with E-state index in [-0.39, 0.29) is 12.5 Å². The fraction of sp³-hybridized carbons (Fsp3) is 0.562. The number of amides is 1. The molecule has 1 amide bonds. The van der Waals surface area contributed by atoms with Crippen LogP contribution in [0.5, 0.6) is 0 Å². The molecule has 0 aliphatic heterocycles. The van der Waals surface area contributed by atoms with Crippen LogP contribution in [0.25, 0.3) is 0 Å². The minimum Gasteiger partial charge on any atom is -0.394 e. The number of nitrogens with zero attached hydrogens (tertiary/aromatic N) is 1. The van der Waals surface area contributed by atoms with Gasteiger partial charge in [0.25, 0.3) is 5.91 Å². The second-order valence-electron chi connectivity index (χ2n) is 5.92. The van der Waals surface area contributed by atoms with Crippen molar-refractivity contribution in [2.75, 3.05) is 18.1 Å². The van der Waals surface area contributed by atoms with Gasteiger partial charge in [0, 0.05) is 23.8 Å². The minimum atomic E-state index is -0.608. The van der Waals surface area contributed by atoms with E-state index in [2.05, 4.69) is 31.0 Å². The van der Waals surface area contributed by atoms with E-state index in [0.717, 1.165) is 12.2 Å². The lowest BCUT2D eigenvalue weighted by Gasteiger charge is -2.28. The number of hydrogen-bond donors (Lipinski definition) is 2. The molecule has 0 bridgehead atoms. The highest BCUT2D eigenvalue weighted by atomic mass is 16.3. The minimum absolute atomic E-state index is 0.0895. The van der Waals surface area contributed by atoms with Gasteiger partial charge in [0.05, 0.1) is 12.1 Å². The quantitative estimate of drug-likeness (QED) is 0.840. The molecule has 4 nitrogen and oxygen atoms in total. The van der Waals surface area contributed by atoms with Gasteiger partial charge in [0.15, 0.2) is 0 Å². The smallest absolute Gasteiger partial charge is 0.251 e. The van der Waals surface area contributed by atoms with Gasteiger partial charge in [-0.15, -0.1) is 0 Å². The normalized spacial score (nSPS) is 11.6. The monoisotopic (exact) mass is 278 g/mol. The Balaban J connectivity index is 2.83. The predicted octanol–water partition coefficient (Wildman–Crippen LogP) is 2.42. The molecule has 0 saturated carbocycles. The molecular formula is C16H26N2O2. The third-order valence-electron chi connectivity index (χ3n) is 3.27. The summed E-state index contributed by atoms with van der Waals surface area (Å²) < 4.78 is 0. The molecule has 20 heavy (non-hydrogen) atoms. The number of carbonyl (C=O) groups is 1. The van der Waals surface area contributed by atoms with Gasteiger partial charge in [-0.3, -0.25) is 4.79 Å². The van der Waals surface area contributed by atoms with Crippen LogP contribution in [-0.4, -0.2) is 35.7 Å². The molecule has 112 valence electrons. The zero-order valence-electron chi connectivity index (χ0n) is 13.1. The lowest BCUT2D eigenvalue weighted by molar-refractivity contribution is 0.0869. The zero-order chi connectivity index (χ0) is 15.3. The van der Waals surface area contributed by atoms with Crippen molar-refractivity contribution < 1.29 is 9.90 Å². The molecule has 0 radical (unpaired) electrons. The molecule has 0 saturated heterocycles. The van der Waals surface area contributed by atoms with Crippen molar-refractivity contribution in [3.8, 4) is 0 Å². The summed E-state index contributed by atoms with van der Waals surface area (Å²) in [7, 11) is 0. The van der Waals surface area contributed by atoms with Crippen molar-refractivity contribution in [3.05, 3.63) is 29.8 Å². The van der Waals surface area contributed by atoms with Gasteiger partial charge in [-0.25, -0.2) is 0 Å². The van der Waals surface area contributed by atoms with E-state index >= 15 is 0 Å². The third kappa shape index (κ3) is 4.23. The standard InChI is InChI=1S/C16H26N2O2/c1-6-18(12(2)3)14-9-7-13(8-10-14)15(20)17-16(4,5)11-19/h7-10,12,19H,6,11H2,1-5H3,(H,17,20). The molecule has 4 heteroatoms. The Kier molecular flexibility index (Phi) is 5.57. The Labute approximate surface area is 121 Å². The lowest BCUT2D eigenvalue weighted by atomic mass is 10.1. The van der Waals surface area contributed by atoms with E-state index in [9.17, 15) is 9.90 Å². The van der Waals surface area contributed by atoms with Crippen LogP contribution in [-0.2, 0) is 0 Å². The largest absolute Gasteiger partial charge is 0.394 e. The summed E-state index contributed by atoms with van der Waals surface area (Å²) >= 11 is 0. The van der Waals surface area contributed by atoms with E-state index < -0.39 is 5.54 Å². The summed E-state index contributed by atoms with van der Waals surface area (Å²) in [5, 5.41) is 12.0. The van der Waals surface area contributed by atoms with Gasteiger partial charge in [0.1, 0.15) is 0 Å². The van der Waals surface area contributed by atoms with Crippen molar-refractivity contribution in [3.63, 3.8) is 0 Å². The number of anilines is 1. The molecule has 1 aromatic rings. The van der Waals surface area contributed by atoms with Crippen LogP contribution in [0, 0.1) is 0 Å². The summed E-state index contributed by atoms with van der Waals surface area (Å²) in [5.41, 5.74) is 1.11. The van der Waals surface area contributed by atoms with Crippen LogP contribution in [0.15, 0.2) is 24.3 Å². The number of hydrogen-bond acceptors (Lipinski definition) is 3. The Morgan fingerprint density at radius 1 is 1.30 bits per heavy atom. The van der Waals surface area contributed by atoms with Gasteiger partial charge in [-0.2, -0.15) is 0 Å². The van der Waals surface area contributed by atoms with Crippen LogP contribution in [0.3, 0.4) is 0 Å². The van der Waals surface area contributed by atoms with E-state index in [0.29, 0.717) is 11.6 Å². The zero-order valence-corrected chi connectivity index (χ0v) is 13.1. The molecule has 1 aromatic carbocycles. The van der Waals surface area contributed by atoms with Crippen molar-refractivity contribution in [2.45, 2.75) is 46.2 Å². The number of aliphatic hydroxyl groups is 1. The predicted molar refractivity (Wildman–Crippen MR) is 83.2 cm³/mol. The van der Waals surface area contributed by atoms with Gasteiger partial charge in [-0.1, -0.05) is 0 Å². The van der Waals surface area contributed by atoms with Crippen molar-refractivity contribution in [1.82, 2.24) is 5.32 Å². The summed E-state index contributed by atoms with van der Waals surface area (Å²) in [6, 6.07) is 7.99. The summed E-state index contributed by atoms with van der Waals surface area (Å²) in [5.74, 6) is -0.164. The molecule has 0 heterocycles. The fourth-order valence-electron chi connectivity index (χ4n) is 2.07. The molecule has 0 spiro atoms. The van der Waals surface area contributed by atoms with Gasteiger partial charge < -0.3 is 15.3 Å². The van der Waals surface area contributed by atoms with E-state index in [1.54, 1.807) is 13.8 Å². The molecule has 2 N–H and O–H groups in total. The highest BCUT2D eigenvalue weighted by molar-refractivity contribution is 5.95. The number of benzene rings is 1. The van der Waals surface area contributed by atoms with Gasteiger partial charge >= 0.3 is 0 Å². The molecule has 0 fully saturated rings. The lowest BCUT2D eigenvalue weighted by Crippen LogP contribution is -2.46. The molecule has 0 atom stereocenters. The molecule has 0 aromatic heterocycles. The molecule has 0 aliphatic rings. The summed E-state index contributed by atoms with van der Waals surface area (Å²) in [4.78, 5) is 14.3. The van der Waals surface area contributed by atoms with Crippen molar-refractivity contribution >= 4 is 11.6 Å². The van der Waals surface area contributed by atoms with Crippen LogP contribution < -0.4 is 10.2 Å². The molecule has 0 unspecified atom stereocenters.